The number of benzene rings is 1. The molecule has 3 saturated carbocycles. The third-order valence-electron chi connectivity index (χ3n) is 9.56. The summed E-state index contributed by atoms with van der Waals surface area (Å²) in [6, 6.07) is 14.2. The van der Waals surface area contributed by atoms with Gasteiger partial charge in [0.05, 0.1) is 23.7 Å². The third-order valence-corrected chi connectivity index (χ3v) is 10.0. The second-order valence-corrected chi connectivity index (χ2v) is 11.9. The first-order valence-electron chi connectivity index (χ1n) is 12.9. The first-order valence-corrected chi connectivity index (χ1v) is 13.7. The molecule has 2 N–H and O–H groups in total. The van der Waals surface area contributed by atoms with Crippen molar-refractivity contribution in [1.82, 2.24) is 9.88 Å². The highest BCUT2D eigenvalue weighted by Gasteiger charge is 2.77. The maximum atomic E-state index is 13.4. The second kappa shape index (κ2) is 9.00. The number of hydrogen-bond acceptors (Lipinski definition) is 4. The van der Waals surface area contributed by atoms with Crippen LogP contribution in [-0.2, 0) is 16.1 Å². The molecule has 1 aromatic carbocycles. The summed E-state index contributed by atoms with van der Waals surface area (Å²) in [7, 11) is 0. The Labute approximate surface area is 214 Å². The number of piperidine rings is 1. The zero-order valence-corrected chi connectivity index (χ0v) is 21.4. The number of nitrogens with one attached hydrogen (secondary N) is 1. The number of halogens is 1. The topological polar surface area (TPSA) is 82.5 Å². The summed E-state index contributed by atoms with van der Waals surface area (Å²) in [5.41, 5.74) is 2.05. The summed E-state index contributed by atoms with van der Waals surface area (Å²) in [6.45, 7) is 3.21. The van der Waals surface area contributed by atoms with Gasteiger partial charge in [0, 0.05) is 6.54 Å². The van der Waals surface area contributed by atoms with E-state index >= 15 is 0 Å². The predicted octanol–water partition coefficient (Wildman–Crippen LogP) is 5.06. The zero-order valence-electron chi connectivity index (χ0n) is 19.8. The van der Waals surface area contributed by atoms with Crippen LogP contribution in [0.4, 0.5) is 5.69 Å². The van der Waals surface area contributed by atoms with E-state index in [4.69, 9.17) is 0 Å². The smallest absolute Gasteiger partial charge is 0.307 e. The van der Waals surface area contributed by atoms with Gasteiger partial charge in [0.25, 0.3) is 0 Å². The van der Waals surface area contributed by atoms with Crippen molar-refractivity contribution < 1.29 is 14.7 Å². The summed E-state index contributed by atoms with van der Waals surface area (Å²) in [5, 5.41) is 13.2. The van der Waals surface area contributed by atoms with E-state index in [-0.39, 0.29) is 23.2 Å². The molecule has 2 bridgehead atoms. The van der Waals surface area contributed by atoms with Crippen LogP contribution in [0.25, 0.3) is 0 Å². The van der Waals surface area contributed by atoms with Gasteiger partial charge in [-0.15, -0.1) is 0 Å². The van der Waals surface area contributed by atoms with Gasteiger partial charge < -0.3 is 10.4 Å². The minimum atomic E-state index is -0.797. The lowest BCUT2D eigenvalue weighted by atomic mass is 9.78. The van der Waals surface area contributed by atoms with Crippen molar-refractivity contribution in [3.8, 4) is 0 Å². The summed E-state index contributed by atoms with van der Waals surface area (Å²) >= 11 is 3.32. The molecule has 0 radical (unpaired) electrons. The summed E-state index contributed by atoms with van der Waals surface area (Å²) in [5.74, 6) is -0.408. The van der Waals surface area contributed by atoms with E-state index in [0.29, 0.717) is 22.1 Å². The van der Waals surface area contributed by atoms with Crippen molar-refractivity contribution >= 4 is 33.5 Å². The highest BCUT2D eigenvalue weighted by molar-refractivity contribution is 9.10. The molecular weight excluding hydrogens is 506 g/mol. The van der Waals surface area contributed by atoms with Gasteiger partial charge in [-0.1, -0.05) is 30.3 Å². The number of carboxylic acid groups (broad SMARTS) is 1. The second-order valence-electron chi connectivity index (χ2n) is 11.1. The number of carbonyl (C=O) groups excluding carboxylic acids is 1. The van der Waals surface area contributed by atoms with Crippen LogP contribution in [0.5, 0.6) is 0 Å². The first kappa shape index (κ1) is 23.2. The molecule has 184 valence electrons. The molecule has 4 aliphatic rings. The molecule has 4 fully saturated rings. The molecule has 3 aliphatic carbocycles. The van der Waals surface area contributed by atoms with Gasteiger partial charge in [-0.2, -0.15) is 0 Å². The molecule has 1 aromatic heterocycles. The van der Waals surface area contributed by atoms with Crippen LogP contribution in [0.15, 0.2) is 53.3 Å². The Balaban J connectivity index is 1.14. The molecule has 2 aromatic rings. The van der Waals surface area contributed by atoms with Crippen LogP contribution < -0.4 is 5.32 Å². The number of carbonyl (C=O) groups is 2. The normalized spacial score (nSPS) is 34.3. The van der Waals surface area contributed by atoms with E-state index in [1.807, 2.05) is 0 Å². The summed E-state index contributed by atoms with van der Waals surface area (Å²) < 4.78 is 0.702. The van der Waals surface area contributed by atoms with Gasteiger partial charge >= 0.3 is 5.97 Å². The average molecular weight is 538 g/mol. The van der Waals surface area contributed by atoms with Crippen molar-refractivity contribution in [2.24, 2.45) is 40.9 Å². The largest absolute Gasteiger partial charge is 0.481 e. The lowest BCUT2D eigenvalue weighted by Gasteiger charge is -2.33. The van der Waals surface area contributed by atoms with Gasteiger partial charge in [0.1, 0.15) is 4.60 Å². The Morgan fingerprint density at radius 3 is 2.37 bits per heavy atom. The maximum Gasteiger partial charge on any atom is 0.307 e. The number of carboxylic acids is 1. The quantitative estimate of drug-likeness (QED) is 0.503. The number of likely N-dealkylation sites (tertiary alicyclic amines) is 1. The minimum absolute atomic E-state index is 0.0648. The van der Waals surface area contributed by atoms with Crippen molar-refractivity contribution in [3.63, 3.8) is 0 Å². The maximum absolute atomic E-state index is 13.4. The van der Waals surface area contributed by atoms with E-state index in [1.54, 1.807) is 18.3 Å². The fourth-order valence-corrected chi connectivity index (χ4v) is 8.42. The van der Waals surface area contributed by atoms with Crippen molar-refractivity contribution in [2.75, 3.05) is 18.4 Å². The van der Waals surface area contributed by atoms with Gasteiger partial charge in [-0.3, -0.25) is 14.5 Å². The van der Waals surface area contributed by atoms with Gasteiger partial charge in [0.2, 0.25) is 5.91 Å². The molecule has 7 heteroatoms. The van der Waals surface area contributed by atoms with E-state index in [1.165, 1.54) is 18.4 Å². The number of hydrogen-bond donors (Lipinski definition) is 2. The molecule has 6 atom stereocenters. The van der Waals surface area contributed by atoms with E-state index < -0.39 is 17.8 Å². The summed E-state index contributed by atoms with van der Waals surface area (Å²) in [6.07, 6.45) is 7.02. The molecule has 2 unspecified atom stereocenters. The number of amides is 1. The van der Waals surface area contributed by atoms with Crippen molar-refractivity contribution in [1.29, 1.82) is 0 Å². The average Bonchev–Trinajstić information content (AvgIpc) is 3.43. The number of rotatable bonds is 6. The standard InChI is InChI=1S/C28H32BrN3O3/c29-23-9-6-19(15-30-23)31-26(33)24-20-7-8-21(25(24)27(34)35)28(20)14-22(28)18-10-12-32(13-11-18)16-17-4-2-1-3-5-17/h1-6,9,15,18,20-22,24-25H,7-8,10-14,16H2,(H,31,33)(H,34,35)/t20-,21+,22?,24+,25+,28?/m0/s1. The number of aromatic nitrogens is 1. The van der Waals surface area contributed by atoms with Gasteiger partial charge in [-0.25, -0.2) is 4.98 Å². The van der Waals surface area contributed by atoms with Crippen molar-refractivity contribution in [3.05, 3.63) is 58.8 Å². The Bertz CT molecular complexity index is 1100. The van der Waals surface area contributed by atoms with Crippen LogP contribution in [0, 0.1) is 40.9 Å². The lowest BCUT2D eigenvalue weighted by molar-refractivity contribution is -0.148. The minimum Gasteiger partial charge on any atom is -0.481 e. The van der Waals surface area contributed by atoms with Crippen LogP contribution in [0.2, 0.25) is 0 Å². The Morgan fingerprint density at radius 1 is 1.00 bits per heavy atom. The fraction of sp³-hybridized carbons (Fsp3) is 0.536. The highest BCUT2D eigenvalue weighted by atomic mass is 79.9. The lowest BCUT2D eigenvalue weighted by Crippen LogP contribution is -2.37. The van der Waals surface area contributed by atoms with Crippen LogP contribution in [-0.4, -0.2) is 40.0 Å². The number of pyridine rings is 1. The molecular formula is C28H32BrN3O3. The number of aliphatic carboxylic acids is 1. The molecule has 2 heterocycles. The number of nitrogens with zero attached hydrogens (tertiary/aromatic N) is 2. The van der Waals surface area contributed by atoms with Crippen LogP contribution in [0.1, 0.15) is 37.7 Å². The SMILES string of the molecule is O=C(O)[C@H]1[C@H](C(=O)Nc2ccc(Br)nc2)[C@@H]2CC[C@H]1C21CC1C1CCN(Cc2ccccc2)CC1. The predicted molar refractivity (Wildman–Crippen MR) is 136 cm³/mol. The molecule has 6 rings (SSSR count). The van der Waals surface area contributed by atoms with Crippen LogP contribution >= 0.6 is 15.9 Å². The van der Waals surface area contributed by atoms with Crippen LogP contribution in [0.3, 0.4) is 0 Å². The van der Waals surface area contributed by atoms with E-state index in [9.17, 15) is 14.7 Å². The molecule has 1 aliphatic heterocycles. The molecule has 1 saturated heterocycles. The Hall–Kier alpha value is -2.25. The molecule has 35 heavy (non-hydrogen) atoms. The fourth-order valence-electron chi connectivity index (χ4n) is 8.18. The Morgan fingerprint density at radius 2 is 1.71 bits per heavy atom. The van der Waals surface area contributed by atoms with Gasteiger partial charge in [0.15, 0.2) is 0 Å². The van der Waals surface area contributed by atoms with E-state index in [0.717, 1.165) is 38.9 Å². The number of anilines is 1. The Kier molecular flexibility index (Phi) is 5.96. The monoisotopic (exact) mass is 537 g/mol. The zero-order chi connectivity index (χ0) is 24.2. The first-order chi connectivity index (χ1) is 17.0. The molecule has 6 nitrogen and oxygen atoms in total. The molecule has 1 amide bonds. The summed E-state index contributed by atoms with van der Waals surface area (Å²) in [4.78, 5) is 32.5. The third kappa shape index (κ3) is 4.01. The van der Waals surface area contributed by atoms with Gasteiger partial charge in [-0.05, 0) is 108 Å². The highest BCUT2D eigenvalue weighted by Crippen LogP contribution is 2.79. The molecule has 1 spiro atoms. The van der Waals surface area contributed by atoms with E-state index in [2.05, 4.69) is 61.5 Å². The van der Waals surface area contributed by atoms with Crippen molar-refractivity contribution in [2.45, 2.75) is 38.6 Å².